The number of aliphatic carboxylic acids is 1. The number of imidazole rings is 1. The average molecular weight is 415 g/mol. The normalized spacial score (nSPS) is 16.2. The van der Waals surface area contributed by atoms with Gasteiger partial charge in [-0.2, -0.15) is 0 Å². The van der Waals surface area contributed by atoms with Crippen molar-refractivity contribution in [3.63, 3.8) is 0 Å². The summed E-state index contributed by atoms with van der Waals surface area (Å²) in [4.78, 5) is 21.8. The van der Waals surface area contributed by atoms with Crippen LogP contribution in [0.15, 0.2) is 36.9 Å². The van der Waals surface area contributed by atoms with Gasteiger partial charge in [-0.25, -0.2) is 14.8 Å². The van der Waals surface area contributed by atoms with E-state index in [1.54, 1.807) is 18.6 Å². The number of carboxylic acids is 1. The number of anilines is 1. The van der Waals surface area contributed by atoms with Crippen LogP contribution in [0.3, 0.4) is 0 Å². The summed E-state index contributed by atoms with van der Waals surface area (Å²) in [5.41, 5.74) is 1.52. The van der Waals surface area contributed by atoms with Gasteiger partial charge in [-0.05, 0) is 25.0 Å². The van der Waals surface area contributed by atoms with Crippen molar-refractivity contribution < 1.29 is 9.90 Å². The van der Waals surface area contributed by atoms with E-state index in [9.17, 15) is 4.79 Å². The Morgan fingerprint density at radius 3 is 2.96 bits per heavy atom. The number of nitrogens with zero attached hydrogens (tertiary/aromatic N) is 4. The van der Waals surface area contributed by atoms with Gasteiger partial charge in [-0.15, -0.1) is 0 Å². The Bertz CT molecular complexity index is 1100. The summed E-state index contributed by atoms with van der Waals surface area (Å²) in [6.45, 7) is 0.819. The summed E-state index contributed by atoms with van der Waals surface area (Å²) < 4.78 is 1.91. The number of carboxylic acid groups (broad SMARTS) is 1. The van der Waals surface area contributed by atoms with Crippen LogP contribution >= 0.6 is 23.2 Å². The van der Waals surface area contributed by atoms with Gasteiger partial charge in [0.25, 0.3) is 0 Å². The second-order valence-electron chi connectivity index (χ2n) is 6.53. The highest BCUT2D eigenvalue weighted by Gasteiger charge is 2.26. The zero-order valence-corrected chi connectivity index (χ0v) is 16.3. The predicted molar refractivity (Wildman–Crippen MR) is 109 cm³/mol. The molecule has 0 unspecified atom stereocenters. The van der Waals surface area contributed by atoms with E-state index in [-0.39, 0.29) is 6.04 Å². The van der Waals surface area contributed by atoms with Crippen LogP contribution in [0.2, 0.25) is 10.0 Å². The fraction of sp³-hybridized carbons (Fsp3) is 0.250. The Morgan fingerprint density at radius 2 is 2.21 bits per heavy atom. The lowest BCUT2D eigenvalue weighted by Crippen LogP contribution is -2.29. The molecule has 4 rings (SSSR count). The highest BCUT2D eigenvalue weighted by Crippen LogP contribution is 2.36. The zero-order chi connectivity index (χ0) is 19.7. The average Bonchev–Trinajstić information content (AvgIpc) is 3.36. The van der Waals surface area contributed by atoms with E-state index >= 15 is 0 Å². The minimum atomic E-state index is -1.11. The molecule has 0 saturated carbocycles. The van der Waals surface area contributed by atoms with Crippen molar-refractivity contribution in [1.29, 1.82) is 0 Å². The van der Waals surface area contributed by atoms with Gasteiger partial charge in [-0.3, -0.25) is 0 Å². The zero-order valence-electron chi connectivity index (χ0n) is 14.8. The minimum absolute atomic E-state index is 0.102. The summed E-state index contributed by atoms with van der Waals surface area (Å²) in [6, 6.07) is 5.76. The number of hydrogen-bond acceptors (Lipinski definition) is 4. The minimum Gasteiger partial charge on any atom is -0.472 e. The number of carbonyl (C=O) groups is 1. The highest BCUT2D eigenvalue weighted by atomic mass is 35.5. The van der Waals surface area contributed by atoms with Crippen molar-refractivity contribution in [3.8, 4) is 17.5 Å². The van der Waals surface area contributed by atoms with Crippen LogP contribution in [0, 0.1) is 11.8 Å². The molecular weight excluding hydrogens is 399 g/mol. The quantitative estimate of drug-likeness (QED) is 0.650. The van der Waals surface area contributed by atoms with Crippen LogP contribution in [-0.2, 0) is 4.79 Å². The van der Waals surface area contributed by atoms with Crippen molar-refractivity contribution in [2.45, 2.75) is 25.3 Å². The molecule has 2 aromatic heterocycles. The Morgan fingerprint density at radius 1 is 1.36 bits per heavy atom. The number of halogens is 2. The topological polar surface area (TPSA) is 71.2 Å². The molecule has 1 N–H and O–H groups in total. The molecule has 3 heterocycles. The maximum Gasteiger partial charge on any atom is 0.381 e. The van der Waals surface area contributed by atoms with Crippen molar-refractivity contribution in [1.82, 2.24) is 14.5 Å². The van der Waals surface area contributed by atoms with Gasteiger partial charge >= 0.3 is 5.97 Å². The van der Waals surface area contributed by atoms with E-state index in [0.717, 1.165) is 36.3 Å². The third kappa shape index (κ3) is 3.51. The van der Waals surface area contributed by atoms with Crippen LogP contribution in [0.5, 0.6) is 0 Å². The third-order valence-electron chi connectivity index (χ3n) is 4.82. The molecule has 0 bridgehead atoms. The third-order valence-corrected chi connectivity index (χ3v) is 5.62. The molecule has 1 saturated heterocycles. The van der Waals surface area contributed by atoms with Gasteiger partial charge in [0.2, 0.25) is 0 Å². The summed E-state index contributed by atoms with van der Waals surface area (Å²) in [7, 11) is 0. The smallest absolute Gasteiger partial charge is 0.381 e. The molecule has 28 heavy (non-hydrogen) atoms. The predicted octanol–water partition coefficient (Wildman–Crippen LogP) is 4.17. The molecule has 3 aromatic rings. The number of hydrogen-bond donors (Lipinski definition) is 1. The second-order valence-corrected chi connectivity index (χ2v) is 7.31. The van der Waals surface area contributed by atoms with E-state index in [2.05, 4.69) is 21.7 Å². The maximum absolute atomic E-state index is 10.7. The van der Waals surface area contributed by atoms with Crippen molar-refractivity contribution in [2.24, 2.45) is 0 Å². The molecule has 1 aliphatic rings. The fourth-order valence-corrected chi connectivity index (χ4v) is 3.92. The van der Waals surface area contributed by atoms with Gasteiger partial charge in [0.05, 0.1) is 27.6 Å². The summed E-state index contributed by atoms with van der Waals surface area (Å²) in [6.07, 6.45) is 7.68. The molecule has 0 spiro atoms. The molecule has 1 aromatic carbocycles. The van der Waals surface area contributed by atoms with Crippen molar-refractivity contribution >= 4 is 45.9 Å². The Hall–Kier alpha value is -2.75. The Labute approximate surface area is 171 Å². The molecule has 1 fully saturated rings. The number of pyridine rings is 1. The number of aromatic nitrogens is 3. The lowest BCUT2D eigenvalue weighted by molar-refractivity contribution is -0.130. The largest absolute Gasteiger partial charge is 0.472 e. The number of rotatable bonds is 3. The van der Waals surface area contributed by atoms with Gasteiger partial charge in [-0.1, -0.05) is 29.1 Å². The first-order chi connectivity index (χ1) is 13.5. The summed E-state index contributed by atoms with van der Waals surface area (Å²) >= 11 is 12.7. The molecular formula is C20H16Cl2N4O2. The van der Waals surface area contributed by atoms with Crippen molar-refractivity contribution in [3.05, 3.63) is 47.0 Å². The van der Waals surface area contributed by atoms with Crippen LogP contribution in [0.4, 0.5) is 5.82 Å². The van der Waals surface area contributed by atoms with E-state index < -0.39 is 5.97 Å². The maximum atomic E-state index is 10.7. The lowest BCUT2D eigenvalue weighted by Gasteiger charge is -2.25. The first-order valence-corrected chi connectivity index (χ1v) is 9.55. The van der Waals surface area contributed by atoms with Gasteiger partial charge in [0, 0.05) is 48.8 Å². The highest BCUT2D eigenvalue weighted by molar-refractivity contribution is 6.45. The van der Waals surface area contributed by atoms with Gasteiger partial charge in [0.1, 0.15) is 5.82 Å². The molecule has 1 aliphatic heterocycles. The summed E-state index contributed by atoms with van der Waals surface area (Å²) in [5.74, 6) is 4.59. The van der Waals surface area contributed by atoms with E-state index in [4.69, 9.17) is 33.3 Å². The Balaban J connectivity index is 1.82. The molecule has 0 amide bonds. The van der Waals surface area contributed by atoms with Crippen LogP contribution < -0.4 is 4.90 Å². The van der Waals surface area contributed by atoms with Crippen LogP contribution in [0.25, 0.3) is 16.6 Å². The number of benzene rings is 1. The Kier molecular flexibility index (Phi) is 5.12. The van der Waals surface area contributed by atoms with Crippen LogP contribution in [-0.4, -0.2) is 38.2 Å². The van der Waals surface area contributed by atoms with E-state index in [1.165, 1.54) is 0 Å². The SMILES string of the molecule is O=C(O)C#CC[C@@H]1CCCN1c1cc(-n2ccnc2)c2ccc(Cl)c(Cl)c2n1. The lowest BCUT2D eigenvalue weighted by atomic mass is 10.1. The van der Waals surface area contributed by atoms with Crippen molar-refractivity contribution in [2.75, 3.05) is 11.4 Å². The van der Waals surface area contributed by atoms with Gasteiger partial charge in [0.15, 0.2) is 0 Å². The number of fused-ring (bicyclic) bond motifs is 1. The van der Waals surface area contributed by atoms with E-state index in [1.807, 2.05) is 22.9 Å². The molecule has 1 atom stereocenters. The first kappa shape index (κ1) is 18.6. The van der Waals surface area contributed by atoms with E-state index in [0.29, 0.717) is 22.0 Å². The monoisotopic (exact) mass is 414 g/mol. The molecule has 142 valence electrons. The fourth-order valence-electron chi connectivity index (χ4n) is 3.56. The summed E-state index contributed by atoms with van der Waals surface area (Å²) in [5, 5.41) is 10.5. The van der Waals surface area contributed by atoms with Gasteiger partial charge < -0.3 is 14.6 Å². The molecule has 0 aliphatic carbocycles. The standard InChI is InChI=1S/C20H16Cl2N4O2/c21-15-7-6-14-16(25-10-8-23-12-25)11-17(24-20(14)19(15)22)26-9-2-4-13(26)3-1-5-18(27)28/h6-8,10-13H,2-4,9H2,(H,27,28)/t13-/m1/s1. The molecule has 6 nitrogen and oxygen atoms in total. The van der Waals surface area contributed by atoms with Crippen LogP contribution in [0.1, 0.15) is 19.3 Å². The first-order valence-electron chi connectivity index (χ1n) is 8.80. The molecule has 0 radical (unpaired) electrons. The molecule has 8 heteroatoms. The second kappa shape index (κ2) is 7.70.